The van der Waals surface area contributed by atoms with Crippen LogP contribution >= 0.6 is 0 Å². The molecule has 0 radical (unpaired) electrons. The Morgan fingerprint density at radius 3 is 2.74 bits per heavy atom. The van der Waals surface area contributed by atoms with Gasteiger partial charge in [-0.15, -0.1) is 0 Å². The van der Waals surface area contributed by atoms with Crippen molar-refractivity contribution in [3.05, 3.63) is 12.2 Å². The number of fused-ring (bicyclic) bond motifs is 2. The Labute approximate surface area is 134 Å². The number of ether oxygens (including phenoxy) is 3. The fourth-order valence-corrected chi connectivity index (χ4v) is 3.45. The Bertz CT molecular complexity index is 759. The van der Waals surface area contributed by atoms with E-state index in [-0.39, 0.29) is 24.5 Å². The Kier molecular flexibility index (Phi) is 3.13. The summed E-state index contributed by atoms with van der Waals surface area (Å²) in [5, 5.41) is 0. The van der Waals surface area contributed by atoms with E-state index in [1.54, 1.807) is 13.3 Å². The molecule has 2 N–H and O–H groups in total. The summed E-state index contributed by atoms with van der Waals surface area (Å²) in [5.41, 5.74) is 7.18. The topological polar surface area (TPSA) is 97.3 Å². The van der Waals surface area contributed by atoms with Gasteiger partial charge in [-0.2, -0.15) is 0 Å². The Morgan fingerprint density at radius 1 is 1.26 bits per heavy atom. The van der Waals surface area contributed by atoms with Gasteiger partial charge in [0.2, 0.25) is 0 Å². The quantitative estimate of drug-likeness (QED) is 0.896. The summed E-state index contributed by atoms with van der Waals surface area (Å²) < 4.78 is 20.2. The number of anilines is 1. The van der Waals surface area contributed by atoms with E-state index in [1.807, 2.05) is 18.4 Å². The Hall–Kier alpha value is -1.77. The van der Waals surface area contributed by atoms with Crippen molar-refractivity contribution in [1.29, 1.82) is 0 Å². The number of rotatable bonds is 2. The third-order valence-corrected chi connectivity index (χ3v) is 4.36. The van der Waals surface area contributed by atoms with Crippen molar-refractivity contribution in [3.8, 4) is 0 Å². The predicted octanol–water partition coefficient (Wildman–Crippen LogP) is 1.54. The fourth-order valence-electron chi connectivity index (χ4n) is 3.45. The third kappa shape index (κ3) is 2.20. The van der Waals surface area contributed by atoms with E-state index in [9.17, 15) is 0 Å². The minimum absolute atomic E-state index is 0.0236. The van der Waals surface area contributed by atoms with Crippen molar-refractivity contribution >= 4 is 17.0 Å². The van der Waals surface area contributed by atoms with Crippen molar-refractivity contribution in [2.24, 2.45) is 0 Å². The molecule has 4 rings (SSSR count). The van der Waals surface area contributed by atoms with Crippen molar-refractivity contribution in [2.45, 2.75) is 64.4 Å². The van der Waals surface area contributed by atoms with Crippen LogP contribution in [0, 0.1) is 6.92 Å². The molecule has 1 unspecified atom stereocenters. The Morgan fingerprint density at radius 2 is 2.00 bits per heavy atom. The van der Waals surface area contributed by atoms with Gasteiger partial charge in [0.05, 0.1) is 12.4 Å². The maximum Gasteiger partial charge on any atom is 0.167 e. The minimum Gasteiger partial charge on any atom is -0.382 e. The van der Waals surface area contributed by atoms with E-state index in [1.165, 1.54) is 0 Å². The van der Waals surface area contributed by atoms with Crippen LogP contribution in [0.3, 0.4) is 0 Å². The van der Waals surface area contributed by atoms with Gasteiger partial charge in [-0.3, -0.25) is 4.57 Å². The van der Waals surface area contributed by atoms with Crippen molar-refractivity contribution in [1.82, 2.24) is 19.5 Å². The molecule has 2 saturated heterocycles. The summed E-state index contributed by atoms with van der Waals surface area (Å²) >= 11 is 0. The van der Waals surface area contributed by atoms with Crippen LogP contribution in [0.4, 0.5) is 5.82 Å². The van der Waals surface area contributed by atoms with E-state index in [0.717, 1.165) is 6.42 Å². The maximum absolute atomic E-state index is 6.17. The molecule has 0 aliphatic carbocycles. The summed E-state index contributed by atoms with van der Waals surface area (Å²) in [6.45, 7) is 7.73. The first-order valence-corrected chi connectivity index (χ1v) is 7.87. The normalized spacial score (nSPS) is 32.5. The monoisotopic (exact) mass is 319 g/mol. The molecule has 2 fully saturated rings. The van der Waals surface area contributed by atoms with Crippen LogP contribution in [-0.2, 0) is 14.2 Å². The smallest absolute Gasteiger partial charge is 0.167 e. The standard InChI is InChI=1S/C15H21N5O3/c1-5-8-10-11(23-15(3,4)22-10)14(21-8)20-6-17-9-12(16)18-7(2)19-13(9)20/h6,8,10-11,14H,5H2,1-4H3,(H2,16,18,19)/t8-,10+,11?,14-/m1/s1. The number of aryl methyl sites for hydroxylation is 1. The summed E-state index contributed by atoms with van der Waals surface area (Å²) in [6, 6.07) is 0. The highest BCUT2D eigenvalue weighted by Gasteiger charge is 2.55. The summed E-state index contributed by atoms with van der Waals surface area (Å²) in [7, 11) is 0. The summed E-state index contributed by atoms with van der Waals surface area (Å²) in [6.07, 6.45) is 1.86. The number of nitrogen functional groups attached to an aromatic ring is 1. The lowest BCUT2D eigenvalue weighted by Crippen LogP contribution is -2.28. The van der Waals surface area contributed by atoms with Crippen LogP contribution in [-0.4, -0.2) is 43.6 Å². The van der Waals surface area contributed by atoms with Gasteiger partial charge in [0.1, 0.15) is 23.5 Å². The van der Waals surface area contributed by atoms with Gasteiger partial charge >= 0.3 is 0 Å². The Balaban J connectivity index is 1.79. The summed E-state index contributed by atoms with van der Waals surface area (Å²) in [5.74, 6) is 0.351. The number of hydrogen-bond donors (Lipinski definition) is 1. The molecular weight excluding hydrogens is 298 g/mol. The average molecular weight is 319 g/mol. The molecule has 0 saturated carbocycles. The molecule has 2 aliphatic rings. The highest BCUT2D eigenvalue weighted by atomic mass is 16.8. The van der Waals surface area contributed by atoms with Crippen LogP contribution < -0.4 is 5.73 Å². The van der Waals surface area contributed by atoms with E-state index in [0.29, 0.717) is 22.8 Å². The molecule has 2 aromatic rings. The summed E-state index contributed by atoms with van der Waals surface area (Å²) in [4.78, 5) is 13.0. The highest BCUT2D eigenvalue weighted by molar-refractivity contribution is 5.81. The second-order valence-electron chi connectivity index (χ2n) is 6.52. The van der Waals surface area contributed by atoms with Gasteiger partial charge in [-0.25, -0.2) is 15.0 Å². The molecule has 4 atom stereocenters. The molecule has 8 nitrogen and oxygen atoms in total. The zero-order chi connectivity index (χ0) is 16.4. The predicted molar refractivity (Wildman–Crippen MR) is 82.5 cm³/mol. The van der Waals surface area contributed by atoms with Crippen LogP contribution in [0.2, 0.25) is 0 Å². The third-order valence-electron chi connectivity index (χ3n) is 4.36. The number of nitrogens with zero attached hydrogens (tertiary/aromatic N) is 4. The van der Waals surface area contributed by atoms with E-state index in [4.69, 9.17) is 19.9 Å². The van der Waals surface area contributed by atoms with Crippen LogP contribution in [0.15, 0.2) is 6.33 Å². The highest BCUT2D eigenvalue weighted by Crippen LogP contribution is 2.44. The molecule has 4 heterocycles. The molecule has 2 aromatic heterocycles. The van der Waals surface area contributed by atoms with E-state index < -0.39 is 5.79 Å². The first-order chi connectivity index (χ1) is 10.9. The van der Waals surface area contributed by atoms with E-state index >= 15 is 0 Å². The van der Waals surface area contributed by atoms with Crippen molar-refractivity contribution < 1.29 is 14.2 Å². The van der Waals surface area contributed by atoms with Crippen LogP contribution in [0.1, 0.15) is 39.2 Å². The maximum atomic E-state index is 6.17. The van der Waals surface area contributed by atoms with E-state index in [2.05, 4.69) is 21.9 Å². The zero-order valence-electron chi connectivity index (χ0n) is 13.7. The number of hydrogen-bond acceptors (Lipinski definition) is 7. The van der Waals surface area contributed by atoms with Gasteiger partial charge in [0.15, 0.2) is 23.5 Å². The number of aromatic nitrogens is 4. The zero-order valence-corrected chi connectivity index (χ0v) is 13.7. The lowest BCUT2D eigenvalue weighted by molar-refractivity contribution is -0.196. The molecule has 0 aromatic carbocycles. The molecule has 8 heteroatoms. The van der Waals surface area contributed by atoms with Gasteiger partial charge in [-0.05, 0) is 27.2 Å². The second kappa shape index (κ2) is 4.86. The second-order valence-corrected chi connectivity index (χ2v) is 6.52. The largest absolute Gasteiger partial charge is 0.382 e. The molecule has 2 aliphatic heterocycles. The van der Waals surface area contributed by atoms with Crippen LogP contribution in [0.5, 0.6) is 0 Å². The number of imidazole rings is 1. The SMILES string of the molecule is CC[C@H]1O[C@@H](n2cnc3c(N)nc(C)nc32)C2OC(C)(C)O[C@H]21. The molecule has 0 spiro atoms. The van der Waals surface area contributed by atoms with Crippen molar-refractivity contribution in [3.63, 3.8) is 0 Å². The first-order valence-electron chi connectivity index (χ1n) is 7.87. The fraction of sp³-hybridized carbons (Fsp3) is 0.667. The van der Waals surface area contributed by atoms with Gasteiger partial charge in [0, 0.05) is 0 Å². The molecule has 0 bridgehead atoms. The van der Waals surface area contributed by atoms with Crippen molar-refractivity contribution in [2.75, 3.05) is 5.73 Å². The molecular formula is C15H21N5O3. The van der Waals surface area contributed by atoms with Gasteiger partial charge < -0.3 is 19.9 Å². The average Bonchev–Trinajstić information content (AvgIpc) is 3.09. The minimum atomic E-state index is -0.620. The lowest BCUT2D eigenvalue weighted by atomic mass is 10.1. The molecule has 124 valence electrons. The molecule has 23 heavy (non-hydrogen) atoms. The van der Waals surface area contributed by atoms with Crippen LogP contribution in [0.25, 0.3) is 11.2 Å². The lowest BCUT2D eigenvalue weighted by Gasteiger charge is -2.24. The van der Waals surface area contributed by atoms with Gasteiger partial charge in [0.25, 0.3) is 0 Å². The number of nitrogens with two attached hydrogens (primary N) is 1. The first kappa shape index (κ1) is 14.8. The van der Waals surface area contributed by atoms with Gasteiger partial charge in [-0.1, -0.05) is 6.92 Å². The molecule has 0 amide bonds.